The van der Waals surface area contributed by atoms with Gasteiger partial charge in [0.2, 0.25) is 17.7 Å². The summed E-state index contributed by atoms with van der Waals surface area (Å²) in [6, 6.07) is 4.00. The molecular formula is C29H44N10O7. The Labute approximate surface area is 265 Å². The van der Waals surface area contributed by atoms with Crippen LogP contribution < -0.4 is 49.8 Å². The Hall–Kier alpha value is -5.35. The average Bonchev–Trinajstić information content (AvgIpc) is 2.93. The summed E-state index contributed by atoms with van der Waals surface area (Å²) < 4.78 is 10.4. The number of benzene rings is 1. The lowest BCUT2D eigenvalue weighted by molar-refractivity contribution is -0.131. The van der Waals surface area contributed by atoms with Gasteiger partial charge in [0, 0.05) is 36.3 Å². The van der Waals surface area contributed by atoms with E-state index in [9.17, 15) is 24.0 Å². The van der Waals surface area contributed by atoms with Crippen LogP contribution in [0.5, 0.6) is 0 Å². The van der Waals surface area contributed by atoms with Crippen molar-refractivity contribution in [3.05, 3.63) is 40.2 Å². The highest BCUT2D eigenvalue weighted by molar-refractivity contribution is 5.99. The second kappa shape index (κ2) is 17.2. The first-order chi connectivity index (χ1) is 21.5. The monoisotopic (exact) mass is 644 g/mol. The zero-order chi connectivity index (χ0) is 34.4. The number of ether oxygens (including phenoxy) is 1. The lowest BCUT2D eigenvalue weighted by atomic mass is 10.1. The fourth-order valence-corrected chi connectivity index (χ4v) is 4.16. The van der Waals surface area contributed by atoms with Crippen molar-refractivity contribution < 1.29 is 28.3 Å². The van der Waals surface area contributed by atoms with Gasteiger partial charge in [0.1, 0.15) is 29.8 Å². The maximum atomic E-state index is 13.5. The number of aryl methyl sites for hydroxylation is 1. The number of aliphatic imine (C=N–C) groups is 2. The van der Waals surface area contributed by atoms with Gasteiger partial charge in [0.15, 0.2) is 11.9 Å². The lowest BCUT2D eigenvalue weighted by Gasteiger charge is -2.23. The molecule has 2 rings (SSSR count). The molecule has 46 heavy (non-hydrogen) atoms. The second-order valence-electron chi connectivity index (χ2n) is 11.4. The Morgan fingerprint density at radius 3 is 2.04 bits per heavy atom. The van der Waals surface area contributed by atoms with Crippen molar-refractivity contribution in [2.45, 2.75) is 71.1 Å². The van der Waals surface area contributed by atoms with E-state index in [1.807, 2.05) is 0 Å². The molecule has 0 bridgehead atoms. The summed E-state index contributed by atoms with van der Waals surface area (Å²) in [6.45, 7) is 6.69. The quantitative estimate of drug-likeness (QED) is 0.0536. The molecule has 0 radical (unpaired) electrons. The Kier molecular flexibility index (Phi) is 13.8. The van der Waals surface area contributed by atoms with Gasteiger partial charge in [-0.05, 0) is 71.1 Å². The SMILES string of the molecule is Cc1cc(=O)oc2cc(NC(=O)C(CCCN=C(N)N)NC(=O)C(CCCN=C(N)N)NC(=O)CNC(=O)OC(C)(C)C)ccc12. The van der Waals surface area contributed by atoms with Crippen LogP contribution in [0, 0.1) is 6.92 Å². The third-order valence-electron chi connectivity index (χ3n) is 6.19. The fraction of sp³-hybridized carbons (Fsp3) is 0.483. The standard InChI is InChI=1S/C29H44N10O7/c1-16-13-23(41)45-21-14-17(9-10-18(16)21)37-24(42)20(8-6-12-35-27(32)33)39-25(43)19(7-5-11-34-26(30)31)38-22(40)15-36-28(44)46-29(2,3)4/h9-10,13-14,19-20H,5-8,11-12,15H2,1-4H3,(H,36,44)(H,37,42)(H,38,40)(H,39,43)(H4,30,31,34)(H4,32,33,35). The number of nitrogens with one attached hydrogen (secondary N) is 4. The van der Waals surface area contributed by atoms with Crippen molar-refractivity contribution in [1.82, 2.24) is 16.0 Å². The van der Waals surface area contributed by atoms with Crippen LogP contribution >= 0.6 is 0 Å². The van der Waals surface area contributed by atoms with Crippen molar-refractivity contribution in [3.63, 3.8) is 0 Å². The molecule has 0 spiro atoms. The molecule has 1 heterocycles. The molecule has 0 aliphatic carbocycles. The number of guanidine groups is 2. The molecule has 2 aromatic rings. The number of nitrogens with two attached hydrogens (primary N) is 4. The molecule has 0 fully saturated rings. The first-order valence-electron chi connectivity index (χ1n) is 14.6. The van der Waals surface area contributed by atoms with E-state index >= 15 is 0 Å². The number of amides is 4. The van der Waals surface area contributed by atoms with Crippen LogP contribution in [0.15, 0.2) is 43.5 Å². The van der Waals surface area contributed by atoms with Crippen LogP contribution in [0.4, 0.5) is 10.5 Å². The minimum absolute atomic E-state index is 0.103. The molecule has 0 aliphatic rings. The molecule has 17 nitrogen and oxygen atoms in total. The molecule has 12 N–H and O–H groups in total. The predicted octanol–water partition coefficient (Wildman–Crippen LogP) is -0.359. The van der Waals surface area contributed by atoms with E-state index in [0.717, 1.165) is 0 Å². The van der Waals surface area contributed by atoms with E-state index in [2.05, 4.69) is 31.3 Å². The number of carbonyl (C=O) groups excluding carboxylic acids is 4. The van der Waals surface area contributed by atoms with Crippen molar-refractivity contribution >= 4 is 52.4 Å². The molecule has 252 valence electrons. The molecule has 0 saturated carbocycles. The Morgan fingerprint density at radius 2 is 1.48 bits per heavy atom. The molecule has 1 aromatic carbocycles. The molecule has 17 heteroatoms. The van der Waals surface area contributed by atoms with Gasteiger partial charge < -0.3 is 53.4 Å². The first kappa shape index (κ1) is 36.8. The Morgan fingerprint density at radius 1 is 0.891 bits per heavy atom. The van der Waals surface area contributed by atoms with Gasteiger partial charge in [0.25, 0.3) is 0 Å². The highest BCUT2D eigenvalue weighted by Crippen LogP contribution is 2.21. The first-order valence-corrected chi connectivity index (χ1v) is 14.6. The summed E-state index contributed by atoms with van der Waals surface area (Å²) in [5.74, 6) is -2.18. The third-order valence-corrected chi connectivity index (χ3v) is 6.19. The van der Waals surface area contributed by atoms with E-state index in [0.29, 0.717) is 29.5 Å². The van der Waals surface area contributed by atoms with Gasteiger partial charge in [-0.1, -0.05) is 0 Å². The minimum Gasteiger partial charge on any atom is -0.444 e. The summed E-state index contributed by atoms with van der Waals surface area (Å²) in [6.07, 6.45) is 0.0522. The van der Waals surface area contributed by atoms with Crippen molar-refractivity contribution in [3.8, 4) is 0 Å². The number of hydrogen-bond donors (Lipinski definition) is 8. The number of carbonyl (C=O) groups is 4. The molecule has 0 saturated heterocycles. The zero-order valence-electron chi connectivity index (χ0n) is 26.5. The van der Waals surface area contributed by atoms with E-state index in [-0.39, 0.29) is 43.4 Å². The van der Waals surface area contributed by atoms with E-state index in [4.69, 9.17) is 32.1 Å². The molecule has 4 amide bonds. The van der Waals surface area contributed by atoms with Gasteiger partial charge in [0.05, 0.1) is 0 Å². The third kappa shape index (κ3) is 13.5. The number of rotatable bonds is 15. The average molecular weight is 645 g/mol. The van der Waals surface area contributed by atoms with Crippen molar-refractivity contribution in [2.24, 2.45) is 32.9 Å². The van der Waals surface area contributed by atoms with E-state index in [1.54, 1.807) is 39.8 Å². The second-order valence-corrected chi connectivity index (χ2v) is 11.4. The molecule has 1 aromatic heterocycles. The zero-order valence-corrected chi connectivity index (χ0v) is 26.5. The number of anilines is 1. The topological polar surface area (TPSA) is 285 Å². The van der Waals surface area contributed by atoms with Crippen LogP contribution in [-0.4, -0.2) is 73.1 Å². The number of hydrogen-bond acceptors (Lipinski definition) is 9. The molecule has 2 unspecified atom stereocenters. The summed E-state index contributed by atoms with van der Waals surface area (Å²) >= 11 is 0. The van der Waals surface area contributed by atoms with E-state index < -0.39 is 53.7 Å². The summed E-state index contributed by atoms with van der Waals surface area (Å²) in [5, 5.41) is 11.0. The maximum Gasteiger partial charge on any atom is 0.408 e. The van der Waals surface area contributed by atoms with Gasteiger partial charge in [-0.3, -0.25) is 24.4 Å². The molecule has 2 atom stereocenters. The summed E-state index contributed by atoms with van der Waals surface area (Å²) in [7, 11) is 0. The Balaban J connectivity index is 2.22. The normalized spacial score (nSPS) is 12.3. The fourth-order valence-electron chi connectivity index (χ4n) is 4.16. The van der Waals surface area contributed by atoms with Crippen LogP contribution in [0.3, 0.4) is 0 Å². The van der Waals surface area contributed by atoms with Crippen LogP contribution in [-0.2, 0) is 19.1 Å². The van der Waals surface area contributed by atoms with Crippen molar-refractivity contribution in [2.75, 3.05) is 25.0 Å². The lowest BCUT2D eigenvalue weighted by Crippen LogP contribution is -2.54. The number of alkyl carbamates (subject to hydrolysis) is 1. The minimum atomic E-state index is -1.12. The van der Waals surface area contributed by atoms with Crippen LogP contribution in [0.2, 0.25) is 0 Å². The maximum absolute atomic E-state index is 13.5. The molecule has 0 aliphatic heterocycles. The summed E-state index contributed by atoms with van der Waals surface area (Å²) in [4.78, 5) is 71.2. The van der Waals surface area contributed by atoms with Crippen molar-refractivity contribution in [1.29, 1.82) is 0 Å². The molecular weight excluding hydrogens is 600 g/mol. The van der Waals surface area contributed by atoms with Gasteiger partial charge in [-0.15, -0.1) is 0 Å². The van der Waals surface area contributed by atoms with Gasteiger partial charge >= 0.3 is 11.7 Å². The summed E-state index contributed by atoms with van der Waals surface area (Å²) in [5.41, 5.74) is 21.6. The van der Waals surface area contributed by atoms with E-state index in [1.165, 1.54) is 12.1 Å². The number of fused-ring (bicyclic) bond motifs is 1. The van der Waals surface area contributed by atoms with Crippen LogP contribution in [0.25, 0.3) is 11.0 Å². The van der Waals surface area contributed by atoms with Gasteiger partial charge in [-0.2, -0.15) is 0 Å². The highest BCUT2D eigenvalue weighted by atomic mass is 16.6. The van der Waals surface area contributed by atoms with Crippen LogP contribution in [0.1, 0.15) is 52.0 Å². The number of nitrogens with zero attached hydrogens (tertiary/aromatic N) is 2. The Bertz CT molecular complexity index is 1510. The smallest absolute Gasteiger partial charge is 0.408 e. The highest BCUT2D eigenvalue weighted by Gasteiger charge is 2.27. The largest absolute Gasteiger partial charge is 0.444 e. The predicted molar refractivity (Wildman–Crippen MR) is 174 cm³/mol. The van der Waals surface area contributed by atoms with Gasteiger partial charge in [-0.25, -0.2) is 9.59 Å².